The summed E-state index contributed by atoms with van der Waals surface area (Å²) in [6.45, 7) is 0.843. The molecule has 5 nitrogen and oxygen atoms in total. The van der Waals surface area contributed by atoms with Gasteiger partial charge in [-0.1, -0.05) is 0 Å². The number of hydrogen-bond donors (Lipinski definition) is 1. The number of carbonyl (C=O) groups is 1. The topological polar surface area (TPSA) is 68.0 Å². The van der Waals surface area contributed by atoms with Crippen LogP contribution < -0.4 is 0 Å². The summed E-state index contributed by atoms with van der Waals surface area (Å²) >= 11 is 1.60. The Morgan fingerprint density at radius 2 is 2.35 bits per heavy atom. The lowest BCUT2D eigenvalue weighted by Crippen LogP contribution is -2.00. The zero-order chi connectivity index (χ0) is 12.1. The first-order valence-electron chi connectivity index (χ1n) is 5.03. The average Bonchev–Trinajstić information content (AvgIpc) is 2.82. The molecule has 2 rings (SSSR count). The summed E-state index contributed by atoms with van der Waals surface area (Å²) in [5.74, 6) is -0.138. The molecule has 0 amide bonds. The second-order valence-corrected chi connectivity index (χ2v) is 4.50. The van der Waals surface area contributed by atoms with Gasteiger partial charge in [-0.3, -0.25) is 0 Å². The Hall–Kier alpha value is -1.82. The van der Waals surface area contributed by atoms with Crippen LogP contribution in [0.5, 0.6) is 0 Å². The van der Waals surface area contributed by atoms with Gasteiger partial charge in [0.15, 0.2) is 0 Å². The smallest absolute Gasteiger partial charge is 0.354 e. The molecule has 0 fully saturated rings. The standard InChI is InChI=1S/C11H11N3O2S/c15-11(16)10-7-9(1-2-13-10)17-6-5-14-4-3-12-8-14/h1-4,7-8H,5-6H2,(H,15,16). The fraction of sp³-hybridized carbons (Fsp3) is 0.182. The fourth-order valence-corrected chi connectivity index (χ4v) is 2.20. The maximum atomic E-state index is 10.7. The average molecular weight is 249 g/mol. The number of aromatic carboxylic acids is 1. The van der Waals surface area contributed by atoms with Crippen molar-refractivity contribution in [3.05, 3.63) is 42.7 Å². The number of thioether (sulfide) groups is 1. The van der Waals surface area contributed by atoms with Crippen molar-refractivity contribution in [3.8, 4) is 0 Å². The van der Waals surface area contributed by atoms with Gasteiger partial charge in [0.2, 0.25) is 0 Å². The highest BCUT2D eigenvalue weighted by Gasteiger charge is 2.04. The lowest BCUT2D eigenvalue weighted by molar-refractivity contribution is 0.0690. The van der Waals surface area contributed by atoms with E-state index in [0.29, 0.717) is 0 Å². The van der Waals surface area contributed by atoms with Crippen LogP contribution in [0.3, 0.4) is 0 Å². The Balaban J connectivity index is 1.90. The molecule has 0 saturated carbocycles. The van der Waals surface area contributed by atoms with E-state index in [-0.39, 0.29) is 5.69 Å². The molecule has 0 unspecified atom stereocenters. The molecule has 17 heavy (non-hydrogen) atoms. The predicted octanol–water partition coefficient (Wildman–Crippen LogP) is 1.77. The lowest BCUT2D eigenvalue weighted by atomic mass is 10.3. The van der Waals surface area contributed by atoms with E-state index < -0.39 is 5.97 Å². The number of imidazole rings is 1. The number of nitrogens with zero attached hydrogens (tertiary/aromatic N) is 3. The highest BCUT2D eigenvalue weighted by atomic mass is 32.2. The number of rotatable bonds is 5. The largest absolute Gasteiger partial charge is 0.477 e. The first-order valence-corrected chi connectivity index (χ1v) is 6.02. The van der Waals surface area contributed by atoms with Gasteiger partial charge in [-0.25, -0.2) is 14.8 Å². The molecule has 0 aliphatic rings. The number of pyridine rings is 1. The minimum Gasteiger partial charge on any atom is -0.477 e. The number of aryl methyl sites for hydroxylation is 1. The molecule has 0 saturated heterocycles. The minimum atomic E-state index is -0.998. The van der Waals surface area contributed by atoms with Crippen LogP contribution in [0.25, 0.3) is 0 Å². The summed E-state index contributed by atoms with van der Waals surface area (Å²) in [5.41, 5.74) is 0.0811. The summed E-state index contributed by atoms with van der Waals surface area (Å²) in [5, 5.41) is 8.80. The van der Waals surface area contributed by atoms with Crippen molar-refractivity contribution < 1.29 is 9.90 Å². The van der Waals surface area contributed by atoms with Crippen molar-refractivity contribution in [1.82, 2.24) is 14.5 Å². The fourth-order valence-electron chi connectivity index (χ4n) is 1.31. The summed E-state index contributed by atoms with van der Waals surface area (Å²) in [6.07, 6.45) is 6.91. The summed E-state index contributed by atoms with van der Waals surface area (Å²) in [6, 6.07) is 3.39. The molecule has 0 radical (unpaired) electrons. The van der Waals surface area contributed by atoms with Crippen molar-refractivity contribution in [2.75, 3.05) is 5.75 Å². The van der Waals surface area contributed by atoms with Gasteiger partial charge >= 0.3 is 5.97 Å². The minimum absolute atomic E-state index is 0.0811. The van der Waals surface area contributed by atoms with Crippen LogP contribution in [0.15, 0.2) is 41.9 Å². The predicted molar refractivity (Wildman–Crippen MR) is 64.1 cm³/mol. The summed E-state index contributed by atoms with van der Waals surface area (Å²) in [7, 11) is 0. The van der Waals surface area contributed by atoms with E-state index in [9.17, 15) is 4.79 Å². The van der Waals surface area contributed by atoms with Gasteiger partial charge in [0, 0.05) is 35.8 Å². The van der Waals surface area contributed by atoms with Crippen LogP contribution in [-0.4, -0.2) is 31.4 Å². The molecule has 0 atom stereocenters. The summed E-state index contributed by atoms with van der Waals surface area (Å²) < 4.78 is 1.98. The number of carboxylic acid groups (broad SMARTS) is 1. The molecule has 6 heteroatoms. The Morgan fingerprint density at radius 3 is 3.06 bits per heavy atom. The van der Waals surface area contributed by atoms with Gasteiger partial charge in [0.25, 0.3) is 0 Å². The van der Waals surface area contributed by atoms with Crippen molar-refractivity contribution >= 4 is 17.7 Å². The third-order valence-corrected chi connectivity index (χ3v) is 3.10. The molecule has 2 aromatic heterocycles. The van der Waals surface area contributed by atoms with Crippen molar-refractivity contribution in [2.24, 2.45) is 0 Å². The molecular weight excluding hydrogens is 238 g/mol. The lowest BCUT2D eigenvalue weighted by Gasteiger charge is -2.03. The van der Waals surface area contributed by atoms with Crippen LogP contribution in [-0.2, 0) is 6.54 Å². The highest BCUT2D eigenvalue weighted by Crippen LogP contribution is 2.18. The Kier molecular flexibility index (Phi) is 3.77. The van der Waals surface area contributed by atoms with Crippen molar-refractivity contribution in [3.63, 3.8) is 0 Å². The zero-order valence-corrected chi connectivity index (χ0v) is 9.80. The van der Waals surface area contributed by atoms with Crippen LogP contribution in [0.1, 0.15) is 10.5 Å². The molecule has 0 aliphatic carbocycles. The molecule has 0 aliphatic heterocycles. The zero-order valence-electron chi connectivity index (χ0n) is 8.98. The van der Waals surface area contributed by atoms with E-state index in [1.54, 1.807) is 30.4 Å². The van der Waals surface area contributed by atoms with Crippen molar-refractivity contribution in [1.29, 1.82) is 0 Å². The Labute approximate surface area is 103 Å². The third kappa shape index (κ3) is 3.32. The second kappa shape index (κ2) is 5.49. The number of carboxylic acids is 1. The van der Waals surface area contributed by atoms with Crippen LogP contribution >= 0.6 is 11.8 Å². The number of hydrogen-bond acceptors (Lipinski definition) is 4. The second-order valence-electron chi connectivity index (χ2n) is 3.33. The van der Waals surface area contributed by atoms with Crippen molar-refractivity contribution in [2.45, 2.75) is 11.4 Å². The molecule has 1 N–H and O–H groups in total. The molecule has 2 heterocycles. The van der Waals surface area contributed by atoms with E-state index in [1.807, 2.05) is 16.8 Å². The van der Waals surface area contributed by atoms with Gasteiger partial charge in [-0.2, -0.15) is 0 Å². The molecule has 0 spiro atoms. The SMILES string of the molecule is O=C(O)c1cc(SCCn2ccnc2)ccn1. The van der Waals surface area contributed by atoms with E-state index in [2.05, 4.69) is 9.97 Å². The Morgan fingerprint density at radius 1 is 1.47 bits per heavy atom. The van der Waals surface area contributed by atoms with Gasteiger partial charge < -0.3 is 9.67 Å². The van der Waals surface area contributed by atoms with Gasteiger partial charge in [0.05, 0.1) is 6.33 Å². The van der Waals surface area contributed by atoms with Gasteiger partial charge in [-0.05, 0) is 12.1 Å². The van der Waals surface area contributed by atoms with Gasteiger partial charge in [-0.15, -0.1) is 11.8 Å². The molecule has 88 valence electrons. The maximum Gasteiger partial charge on any atom is 0.354 e. The normalized spacial score (nSPS) is 10.4. The monoisotopic (exact) mass is 249 g/mol. The third-order valence-electron chi connectivity index (χ3n) is 2.13. The van der Waals surface area contributed by atoms with E-state index in [1.165, 1.54) is 6.20 Å². The quantitative estimate of drug-likeness (QED) is 0.818. The van der Waals surface area contributed by atoms with Crippen LogP contribution in [0, 0.1) is 0 Å². The van der Waals surface area contributed by atoms with Crippen LogP contribution in [0.4, 0.5) is 0 Å². The first kappa shape index (κ1) is 11.7. The Bertz CT molecular complexity index is 499. The molecule has 0 aromatic carbocycles. The molecular formula is C11H11N3O2S. The maximum absolute atomic E-state index is 10.7. The molecule has 2 aromatic rings. The van der Waals surface area contributed by atoms with E-state index in [0.717, 1.165) is 17.2 Å². The number of aromatic nitrogens is 3. The van der Waals surface area contributed by atoms with E-state index >= 15 is 0 Å². The first-order chi connectivity index (χ1) is 8.25. The van der Waals surface area contributed by atoms with E-state index in [4.69, 9.17) is 5.11 Å². The van der Waals surface area contributed by atoms with Crippen LogP contribution in [0.2, 0.25) is 0 Å². The highest BCUT2D eigenvalue weighted by molar-refractivity contribution is 7.99. The van der Waals surface area contributed by atoms with Gasteiger partial charge in [0.1, 0.15) is 5.69 Å². The summed E-state index contributed by atoms with van der Waals surface area (Å²) in [4.78, 5) is 19.4. The molecule has 0 bridgehead atoms.